The maximum Gasteiger partial charge on any atom is 0.268 e. The summed E-state index contributed by atoms with van der Waals surface area (Å²) in [7, 11) is -3.70. The SMILES string of the molecule is NC(O)=S.O=S(=O)(NC(O)=S)c1ccccc1. The number of nitrogens with two attached hydrogens (primary N) is 1. The van der Waals surface area contributed by atoms with Gasteiger partial charge in [-0.1, -0.05) is 18.2 Å². The second-order valence-corrected chi connectivity index (χ2v) is 5.05. The van der Waals surface area contributed by atoms with Gasteiger partial charge >= 0.3 is 0 Å². The summed E-state index contributed by atoms with van der Waals surface area (Å²) < 4.78 is 24.4. The second-order valence-electron chi connectivity index (χ2n) is 2.56. The van der Waals surface area contributed by atoms with Gasteiger partial charge in [0, 0.05) is 0 Å². The molecule has 0 saturated carbocycles. The molecular weight excluding hydrogens is 284 g/mol. The monoisotopic (exact) mass is 294 g/mol. The third-order valence-corrected chi connectivity index (χ3v) is 2.86. The Hall–Kier alpha value is -1.45. The van der Waals surface area contributed by atoms with Gasteiger partial charge in [-0.05, 0) is 36.6 Å². The van der Waals surface area contributed by atoms with E-state index in [-0.39, 0.29) is 4.90 Å². The lowest BCUT2D eigenvalue weighted by Gasteiger charge is -2.03. The zero-order valence-electron chi connectivity index (χ0n) is 8.40. The summed E-state index contributed by atoms with van der Waals surface area (Å²) in [6.07, 6.45) is 0. The van der Waals surface area contributed by atoms with Crippen LogP contribution in [0.3, 0.4) is 0 Å². The maximum absolute atomic E-state index is 11.3. The number of hydrogen-bond donors (Lipinski definition) is 4. The first-order valence-electron chi connectivity index (χ1n) is 4.05. The Morgan fingerprint density at radius 2 is 1.59 bits per heavy atom. The molecular formula is C8H10N2O4S3. The van der Waals surface area contributed by atoms with Gasteiger partial charge in [-0.25, -0.2) is 13.1 Å². The molecule has 1 aromatic carbocycles. The zero-order valence-corrected chi connectivity index (χ0v) is 10.8. The van der Waals surface area contributed by atoms with E-state index in [9.17, 15) is 8.42 Å². The molecule has 0 aliphatic carbocycles. The summed E-state index contributed by atoms with van der Waals surface area (Å²) in [5.74, 6) is 0. The fourth-order valence-electron chi connectivity index (χ4n) is 0.774. The molecule has 17 heavy (non-hydrogen) atoms. The Morgan fingerprint density at radius 3 is 1.94 bits per heavy atom. The van der Waals surface area contributed by atoms with Crippen molar-refractivity contribution >= 4 is 44.8 Å². The van der Waals surface area contributed by atoms with Crippen molar-refractivity contribution in [3.05, 3.63) is 30.3 Å². The molecule has 0 radical (unpaired) electrons. The van der Waals surface area contributed by atoms with Gasteiger partial charge < -0.3 is 15.9 Å². The molecule has 9 heteroatoms. The Morgan fingerprint density at radius 1 is 1.18 bits per heavy atom. The molecule has 0 fully saturated rings. The first kappa shape index (κ1) is 15.6. The van der Waals surface area contributed by atoms with Gasteiger partial charge in [0.25, 0.3) is 20.4 Å². The molecule has 0 amide bonds. The minimum atomic E-state index is -3.70. The van der Waals surface area contributed by atoms with Gasteiger partial charge in [-0.15, -0.1) is 0 Å². The number of thiocarbonyl (C=S) groups is 2. The summed E-state index contributed by atoms with van der Waals surface area (Å²) in [6, 6.07) is 7.65. The molecule has 6 nitrogen and oxygen atoms in total. The summed E-state index contributed by atoms with van der Waals surface area (Å²) >= 11 is 8.08. The number of aliphatic hydroxyl groups excluding tert-OH is 2. The first-order chi connectivity index (χ1) is 7.75. The molecule has 0 heterocycles. The largest absolute Gasteiger partial charge is 0.487 e. The summed E-state index contributed by atoms with van der Waals surface area (Å²) in [4.78, 5) is 0.0615. The quantitative estimate of drug-likeness (QED) is 0.591. The van der Waals surface area contributed by atoms with Crippen molar-refractivity contribution in [2.45, 2.75) is 4.90 Å². The van der Waals surface area contributed by atoms with Crippen LogP contribution in [-0.2, 0) is 10.0 Å². The number of benzene rings is 1. The van der Waals surface area contributed by atoms with Crippen LogP contribution >= 0.6 is 24.4 Å². The van der Waals surface area contributed by atoms with E-state index in [0.29, 0.717) is 0 Å². The molecule has 0 bridgehead atoms. The van der Waals surface area contributed by atoms with E-state index in [1.807, 2.05) is 0 Å². The van der Waals surface area contributed by atoms with Crippen LogP contribution in [0.2, 0.25) is 0 Å². The van der Waals surface area contributed by atoms with Crippen LogP contribution in [0, 0.1) is 0 Å². The minimum absolute atomic E-state index is 0.0615. The smallest absolute Gasteiger partial charge is 0.268 e. The number of nitrogens with one attached hydrogen (secondary N) is 1. The molecule has 0 aromatic heterocycles. The van der Waals surface area contributed by atoms with E-state index in [1.165, 1.54) is 12.1 Å². The van der Waals surface area contributed by atoms with Crippen LogP contribution in [0.25, 0.3) is 0 Å². The molecule has 1 rings (SSSR count). The van der Waals surface area contributed by atoms with Crippen LogP contribution in [-0.4, -0.2) is 29.0 Å². The number of rotatable bonds is 2. The van der Waals surface area contributed by atoms with E-state index in [4.69, 9.17) is 10.2 Å². The van der Waals surface area contributed by atoms with Gasteiger partial charge in [0.2, 0.25) is 0 Å². The Bertz CT molecular complexity index is 483. The third-order valence-electron chi connectivity index (χ3n) is 1.28. The second kappa shape index (κ2) is 6.99. The molecule has 0 aliphatic heterocycles. The topological polar surface area (TPSA) is 113 Å². The summed E-state index contributed by atoms with van der Waals surface area (Å²) in [5, 5.41) is 14.9. The van der Waals surface area contributed by atoms with Gasteiger partial charge in [0.15, 0.2) is 0 Å². The van der Waals surface area contributed by atoms with Crippen LogP contribution in [0.5, 0.6) is 0 Å². The van der Waals surface area contributed by atoms with Crippen molar-refractivity contribution in [3.63, 3.8) is 0 Å². The highest BCUT2D eigenvalue weighted by molar-refractivity contribution is 7.91. The van der Waals surface area contributed by atoms with Crippen molar-refractivity contribution < 1.29 is 18.6 Å². The molecule has 0 spiro atoms. The molecule has 5 N–H and O–H groups in total. The van der Waals surface area contributed by atoms with E-state index in [1.54, 1.807) is 22.9 Å². The Kier molecular flexibility index (Phi) is 6.39. The fraction of sp³-hybridized carbons (Fsp3) is 0. The average molecular weight is 294 g/mol. The molecule has 0 aliphatic rings. The van der Waals surface area contributed by atoms with Gasteiger partial charge in [-0.2, -0.15) is 0 Å². The Labute approximate surface area is 109 Å². The van der Waals surface area contributed by atoms with E-state index in [0.717, 1.165) is 0 Å². The van der Waals surface area contributed by atoms with Crippen LogP contribution < -0.4 is 10.5 Å². The lowest BCUT2D eigenvalue weighted by atomic mass is 10.4. The first-order valence-corrected chi connectivity index (χ1v) is 6.35. The maximum atomic E-state index is 11.3. The van der Waals surface area contributed by atoms with Crippen LogP contribution in [0.4, 0.5) is 0 Å². The molecule has 0 atom stereocenters. The molecule has 94 valence electrons. The molecule has 0 unspecified atom stereocenters. The van der Waals surface area contributed by atoms with Crippen molar-refractivity contribution in [3.8, 4) is 0 Å². The minimum Gasteiger partial charge on any atom is -0.487 e. The predicted octanol–water partition coefficient (Wildman–Crippen LogP) is 0.596. The highest BCUT2D eigenvalue weighted by Gasteiger charge is 2.13. The van der Waals surface area contributed by atoms with E-state index >= 15 is 0 Å². The van der Waals surface area contributed by atoms with E-state index in [2.05, 4.69) is 30.2 Å². The highest BCUT2D eigenvalue weighted by atomic mass is 32.2. The van der Waals surface area contributed by atoms with Crippen molar-refractivity contribution in [1.82, 2.24) is 4.72 Å². The fourth-order valence-corrected chi connectivity index (χ4v) is 1.97. The highest BCUT2D eigenvalue weighted by Crippen LogP contribution is 2.06. The lowest BCUT2D eigenvalue weighted by molar-refractivity contribution is 0.541. The van der Waals surface area contributed by atoms with Crippen molar-refractivity contribution in [2.24, 2.45) is 5.73 Å². The predicted molar refractivity (Wildman–Crippen MR) is 71.4 cm³/mol. The zero-order chi connectivity index (χ0) is 13.5. The van der Waals surface area contributed by atoms with Gasteiger partial charge in [0.1, 0.15) is 0 Å². The van der Waals surface area contributed by atoms with Gasteiger partial charge in [-0.3, -0.25) is 0 Å². The average Bonchev–Trinajstić information content (AvgIpc) is 2.16. The molecule has 0 saturated heterocycles. The number of aliphatic hydroxyl groups is 2. The Balaban J connectivity index is 0.000000557. The van der Waals surface area contributed by atoms with E-state index < -0.39 is 20.4 Å². The van der Waals surface area contributed by atoms with Crippen molar-refractivity contribution in [1.29, 1.82) is 0 Å². The molecule has 1 aromatic rings. The van der Waals surface area contributed by atoms with Crippen molar-refractivity contribution in [2.75, 3.05) is 0 Å². The summed E-state index contributed by atoms with van der Waals surface area (Å²) in [5.41, 5.74) is 4.40. The third kappa shape index (κ3) is 7.44. The van der Waals surface area contributed by atoms with Crippen LogP contribution in [0.15, 0.2) is 35.2 Å². The summed E-state index contributed by atoms with van der Waals surface area (Å²) in [6.45, 7) is 0. The standard InChI is InChI=1S/C7H7NO3S2.CH3NOS/c9-7(12)8-13(10,11)6-4-2-1-3-5-6;2-1(3)4/h1-5H,(H2,8,9,12);(H3,2,3,4). The number of sulfonamides is 1. The van der Waals surface area contributed by atoms with Gasteiger partial charge in [0.05, 0.1) is 4.90 Å². The lowest BCUT2D eigenvalue weighted by Crippen LogP contribution is -2.28. The van der Waals surface area contributed by atoms with Crippen LogP contribution in [0.1, 0.15) is 0 Å². The normalized spacial score (nSPS) is 9.65. The number of hydrogen-bond acceptors (Lipinski definition) is 4.